The standard InChI is InChI=1S/C9H12N2O3S/c1-2-14-9(13)7(10)8(12)11-6-3-4-15-5-6/h3-5,7H,2,10H2,1H3,(H,11,12). The van der Waals surface area contributed by atoms with Gasteiger partial charge in [-0.2, -0.15) is 11.3 Å². The molecule has 1 rings (SSSR count). The predicted molar refractivity (Wildman–Crippen MR) is 57.6 cm³/mol. The molecule has 0 saturated heterocycles. The van der Waals surface area contributed by atoms with E-state index in [1.807, 2.05) is 5.38 Å². The van der Waals surface area contributed by atoms with E-state index < -0.39 is 17.9 Å². The van der Waals surface area contributed by atoms with Gasteiger partial charge < -0.3 is 15.8 Å². The Morgan fingerprint density at radius 3 is 2.93 bits per heavy atom. The van der Waals surface area contributed by atoms with Crippen molar-refractivity contribution in [2.75, 3.05) is 11.9 Å². The second-order valence-corrected chi connectivity index (χ2v) is 3.51. The van der Waals surface area contributed by atoms with Crippen LogP contribution >= 0.6 is 11.3 Å². The van der Waals surface area contributed by atoms with Crippen LogP contribution in [0.25, 0.3) is 0 Å². The maximum absolute atomic E-state index is 11.4. The third-order valence-electron chi connectivity index (χ3n) is 1.61. The van der Waals surface area contributed by atoms with Gasteiger partial charge in [0.15, 0.2) is 6.04 Å². The quantitative estimate of drug-likeness (QED) is 0.583. The van der Waals surface area contributed by atoms with Crippen molar-refractivity contribution in [3.8, 4) is 0 Å². The third-order valence-corrected chi connectivity index (χ3v) is 2.29. The number of esters is 1. The molecule has 0 saturated carbocycles. The molecule has 5 nitrogen and oxygen atoms in total. The van der Waals surface area contributed by atoms with E-state index in [9.17, 15) is 9.59 Å². The summed E-state index contributed by atoms with van der Waals surface area (Å²) in [5.74, 6) is -1.28. The monoisotopic (exact) mass is 228 g/mol. The molecule has 1 amide bonds. The molecule has 82 valence electrons. The molecule has 0 aromatic carbocycles. The largest absolute Gasteiger partial charge is 0.464 e. The Hall–Kier alpha value is -1.40. The molecular weight excluding hydrogens is 216 g/mol. The normalized spacial score (nSPS) is 11.9. The molecule has 0 aliphatic carbocycles. The fourth-order valence-corrected chi connectivity index (χ4v) is 1.48. The van der Waals surface area contributed by atoms with Crippen molar-refractivity contribution in [3.05, 3.63) is 16.8 Å². The summed E-state index contributed by atoms with van der Waals surface area (Å²) >= 11 is 1.44. The molecule has 0 aliphatic rings. The second kappa shape index (κ2) is 5.47. The minimum atomic E-state index is -1.27. The van der Waals surface area contributed by atoms with Crippen LogP contribution in [0, 0.1) is 0 Å². The lowest BCUT2D eigenvalue weighted by molar-refractivity contribution is -0.146. The smallest absolute Gasteiger partial charge is 0.332 e. The number of carbonyl (C=O) groups excluding carboxylic acids is 2. The van der Waals surface area contributed by atoms with E-state index in [4.69, 9.17) is 5.73 Å². The fraction of sp³-hybridized carbons (Fsp3) is 0.333. The Balaban J connectivity index is 2.50. The highest BCUT2D eigenvalue weighted by molar-refractivity contribution is 7.08. The van der Waals surface area contributed by atoms with Crippen LogP contribution in [-0.2, 0) is 14.3 Å². The highest BCUT2D eigenvalue weighted by Crippen LogP contribution is 2.11. The third kappa shape index (κ3) is 3.34. The summed E-state index contributed by atoms with van der Waals surface area (Å²) in [7, 11) is 0. The minimum Gasteiger partial charge on any atom is -0.464 e. The van der Waals surface area contributed by atoms with Gasteiger partial charge in [-0.05, 0) is 18.4 Å². The van der Waals surface area contributed by atoms with Crippen LogP contribution < -0.4 is 11.1 Å². The predicted octanol–water partition coefficient (Wildman–Crippen LogP) is 0.577. The zero-order valence-corrected chi connectivity index (χ0v) is 9.04. The van der Waals surface area contributed by atoms with Crippen LogP contribution in [0.1, 0.15) is 6.92 Å². The summed E-state index contributed by atoms with van der Waals surface area (Å²) in [4.78, 5) is 22.5. The number of ether oxygens (including phenoxy) is 1. The molecule has 1 heterocycles. The number of nitrogens with two attached hydrogens (primary N) is 1. The molecular formula is C9H12N2O3S. The van der Waals surface area contributed by atoms with E-state index in [-0.39, 0.29) is 6.61 Å². The average Bonchev–Trinajstić information content (AvgIpc) is 2.69. The number of hydrogen-bond donors (Lipinski definition) is 2. The zero-order chi connectivity index (χ0) is 11.3. The summed E-state index contributed by atoms with van der Waals surface area (Å²) in [6.07, 6.45) is 0. The van der Waals surface area contributed by atoms with E-state index in [2.05, 4.69) is 10.1 Å². The number of hydrogen-bond acceptors (Lipinski definition) is 5. The summed E-state index contributed by atoms with van der Waals surface area (Å²) in [5.41, 5.74) is 6.01. The first-order chi connectivity index (χ1) is 7.15. The first-order valence-electron chi connectivity index (χ1n) is 4.40. The molecule has 1 unspecified atom stereocenters. The molecule has 6 heteroatoms. The van der Waals surface area contributed by atoms with Crippen LogP contribution in [0.2, 0.25) is 0 Å². The maximum atomic E-state index is 11.4. The van der Waals surface area contributed by atoms with Crippen LogP contribution in [0.15, 0.2) is 16.8 Å². The molecule has 3 N–H and O–H groups in total. The van der Waals surface area contributed by atoms with Crippen molar-refractivity contribution in [3.63, 3.8) is 0 Å². The molecule has 1 atom stereocenters. The van der Waals surface area contributed by atoms with Crippen molar-refractivity contribution < 1.29 is 14.3 Å². The Labute approximate surface area is 91.2 Å². The van der Waals surface area contributed by atoms with E-state index in [0.717, 1.165) is 0 Å². The topological polar surface area (TPSA) is 81.4 Å². The molecule has 0 spiro atoms. The molecule has 0 aliphatic heterocycles. The minimum absolute atomic E-state index is 0.207. The number of thiophene rings is 1. The van der Waals surface area contributed by atoms with Gasteiger partial charge in [-0.3, -0.25) is 4.79 Å². The fourth-order valence-electron chi connectivity index (χ4n) is 0.895. The van der Waals surface area contributed by atoms with Crippen molar-refractivity contribution in [1.29, 1.82) is 0 Å². The number of carbonyl (C=O) groups is 2. The SMILES string of the molecule is CCOC(=O)C(N)C(=O)Nc1ccsc1. The van der Waals surface area contributed by atoms with Crippen molar-refractivity contribution in [1.82, 2.24) is 0 Å². The zero-order valence-electron chi connectivity index (χ0n) is 8.23. The number of anilines is 1. The van der Waals surface area contributed by atoms with Gasteiger partial charge in [0.25, 0.3) is 5.91 Å². The van der Waals surface area contributed by atoms with Crippen LogP contribution in [0.5, 0.6) is 0 Å². The Kier molecular flexibility index (Phi) is 4.26. The lowest BCUT2D eigenvalue weighted by atomic mass is 10.3. The van der Waals surface area contributed by atoms with Gasteiger partial charge in [0.2, 0.25) is 0 Å². The summed E-state index contributed by atoms with van der Waals surface area (Å²) < 4.78 is 4.62. The van der Waals surface area contributed by atoms with E-state index in [0.29, 0.717) is 5.69 Å². The molecule has 15 heavy (non-hydrogen) atoms. The summed E-state index contributed by atoms with van der Waals surface area (Å²) in [6, 6.07) is 0.449. The summed E-state index contributed by atoms with van der Waals surface area (Å²) in [6.45, 7) is 1.86. The Morgan fingerprint density at radius 2 is 2.40 bits per heavy atom. The van der Waals surface area contributed by atoms with Crippen LogP contribution in [0.4, 0.5) is 5.69 Å². The van der Waals surface area contributed by atoms with Crippen molar-refractivity contribution in [2.45, 2.75) is 13.0 Å². The van der Waals surface area contributed by atoms with Gasteiger partial charge in [0.1, 0.15) is 0 Å². The van der Waals surface area contributed by atoms with Gasteiger partial charge in [-0.15, -0.1) is 0 Å². The van der Waals surface area contributed by atoms with Crippen molar-refractivity contribution >= 4 is 28.9 Å². The molecule has 0 radical (unpaired) electrons. The second-order valence-electron chi connectivity index (χ2n) is 2.73. The molecule has 1 aromatic rings. The maximum Gasteiger partial charge on any atom is 0.332 e. The van der Waals surface area contributed by atoms with Gasteiger partial charge in [-0.25, -0.2) is 4.79 Å². The molecule has 1 aromatic heterocycles. The highest BCUT2D eigenvalue weighted by Gasteiger charge is 2.23. The summed E-state index contributed by atoms with van der Waals surface area (Å²) in [5, 5.41) is 6.06. The average molecular weight is 228 g/mol. The van der Waals surface area contributed by atoms with E-state index in [1.165, 1.54) is 11.3 Å². The number of amides is 1. The Morgan fingerprint density at radius 1 is 1.67 bits per heavy atom. The molecule has 0 bridgehead atoms. The number of rotatable bonds is 4. The lowest BCUT2D eigenvalue weighted by Crippen LogP contribution is -2.43. The van der Waals surface area contributed by atoms with Gasteiger partial charge in [0.05, 0.1) is 12.3 Å². The van der Waals surface area contributed by atoms with Gasteiger partial charge >= 0.3 is 5.97 Å². The van der Waals surface area contributed by atoms with Crippen molar-refractivity contribution in [2.24, 2.45) is 5.73 Å². The van der Waals surface area contributed by atoms with Crippen LogP contribution in [0.3, 0.4) is 0 Å². The highest BCUT2D eigenvalue weighted by atomic mass is 32.1. The Bertz CT molecular complexity index is 337. The first kappa shape index (κ1) is 11.7. The first-order valence-corrected chi connectivity index (χ1v) is 5.34. The van der Waals surface area contributed by atoms with Gasteiger partial charge in [0, 0.05) is 5.38 Å². The van der Waals surface area contributed by atoms with E-state index >= 15 is 0 Å². The van der Waals surface area contributed by atoms with Crippen LogP contribution in [-0.4, -0.2) is 24.5 Å². The van der Waals surface area contributed by atoms with Gasteiger partial charge in [-0.1, -0.05) is 0 Å². The van der Waals surface area contributed by atoms with E-state index in [1.54, 1.807) is 18.4 Å². The number of nitrogens with one attached hydrogen (secondary N) is 1. The molecule has 0 fully saturated rings. The lowest BCUT2D eigenvalue weighted by Gasteiger charge is -2.09.